The Labute approximate surface area is 158 Å². The van der Waals surface area contributed by atoms with Crippen LogP contribution < -0.4 is 10.3 Å². The van der Waals surface area contributed by atoms with Crippen molar-refractivity contribution >= 4 is 54.7 Å². The van der Waals surface area contributed by atoms with Crippen molar-refractivity contribution in [1.82, 2.24) is 10.3 Å². The number of fused-ring (bicyclic) bond motifs is 1. The number of carbonyl (C=O) groups excluding carboxylic acids is 2. The fourth-order valence-electron chi connectivity index (χ4n) is 2.26. The third-order valence-corrected chi connectivity index (χ3v) is 6.55. The van der Waals surface area contributed by atoms with E-state index >= 15 is 0 Å². The zero-order valence-electron chi connectivity index (χ0n) is 13.4. The molecule has 1 aromatic heterocycles. The van der Waals surface area contributed by atoms with E-state index in [1.807, 2.05) is 17.0 Å². The molecule has 0 saturated carbocycles. The van der Waals surface area contributed by atoms with Crippen molar-refractivity contribution in [2.45, 2.75) is 11.8 Å². The Morgan fingerprint density at radius 3 is 2.31 bits per heavy atom. The van der Waals surface area contributed by atoms with E-state index in [1.54, 1.807) is 12.1 Å². The molecule has 0 fully saturated rings. The van der Waals surface area contributed by atoms with Gasteiger partial charge in [0.15, 0.2) is 5.78 Å². The quantitative estimate of drug-likeness (QED) is 0.500. The first-order valence-electron chi connectivity index (χ1n) is 7.40. The molecular weight excluding hydrogens is 396 g/mol. The average Bonchev–Trinajstić information content (AvgIpc) is 2.97. The largest absolute Gasteiger partial charge is 0.295 e. The van der Waals surface area contributed by atoms with Crippen LogP contribution in [0.1, 0.15) is 27.0 Å². The molecule has 3 aromatic rings. The van der Waals surface area contributed by atoms with Crippen LogP contribution in [-0.2, 0) is 10.0 Å². The zero-order chi connectivity index (χ0) is 18.9. The normalized spacial score (nSPS) is 11.5. The van der Waals surface area contributed by atoms with Gasteiger partial charge in [0.25, 0.3) is 15.9 Å². The van der Waals surface area contributed by atoms with Gasteiger partial charge in [0.1, 0.15) is 4.88 Å². The van der Waals surface area contributed by atoms with E-state index in [0.717, 1.165) is 10.1 Å². The Morgan fingerprint density at radius 1 is 1.04 bits per heavy atom. The SMILES string of the molecule is CC(=O)c1ccc(S(=O)(=O)NNC(=O)c2sc3ccccc3c2Cl)cc1. The summed E-state index contributed by atoms with van der Waals surface area (Å²) < 4.78 is 25.4. The minimum Gasteiger partial charge on any atom is -0.295 e. The van der Waals surface area contributed by atoms with Gasteiger partial charge in [-0.15, -0.1) is 16.2 Å². The Bertz CT molecular complexity index is 1110. The first-order valence-corrected chi connectivity index (χ1v) is 10.1. The van der Waals surface area contributed by atoms with Crippen LogP contribution in [0.3, 0.4) is 0 Å². The molecule has 3 rings (SSSR count). The Balaban J connectivity index is 1.77. The number of benzene rings is 2. The topological polar surface area (TPSA) is 92.3 Å². The summed E-state index contributed by atoms with van der Waals surface area (Å²) in [6, 6.07) is 12.6. The van der Waals surface area contributed by atoms with Gasteiger partial charge < -0.3 is 0 Å². The summed E-state index contributed by atoms with van der Waals surface area (Å²) in [5.41, 5.74) is 2.55. The summed E-state index contributed by atoms with van der Waals surface area (Å²) in [6.45, 7) is 1.39. The minimum atomic E-state index is -3.98. The number of hydrazine groups is 1. The molecule has 1 amide bonds. The molecule has 0 spiro atoms. The molecular formula is C17H13ClN2O4S2. The number of sulfonamides is 1. The van der Waals surface area contributed by atoms with Crippen molar-refractivity contribution in [3.8, 4) is 0 Å². The second-order valence-corrected chi connectivity index (χ2v) is 8.49. The van der Waals surface area contributed by atoms with Gasteiger partial charge in [-0.1, -0.05) is 41.9 Å². The van der Waals surface area contributed by atoms with Crippen LogP contribution in [-0.4, -0.2) is 20.1 Å². The molecule has 0 aliphatic heterocycles. The summed E-state index contributed by atoms with van der Waals surface area (Å²) in [5.74, 6) is -0.824. The van der Waals surface area contributed by atoms with Crippen molar-refractivity contribution in [2.75, 3.05) is 0 Å². The van der Waals surface area contributed by atoms with Crippen molar-refractivity contribution < 1.29 is 18.0 Å². The maximum atomic E-state index is 12.3. The number of ketones is 1. The molecule has 0 bridgehead atoms. The molecule has 0 aliphatic rings. The fourth-order valence-corrected chi connectivity index (χ4v) is 4.51. The monoisotopic (exact) mass is 408 g/mol. The molecule has 9 heteroatoms. The highest BCUT2D eigenvalue weighted by atomic mass is 35.5. The Morgan fingerprint density at radius 2 is 1.69 bits per heavy atom. The van der Waals surface area contributed by atoms with Gasteiger partial charge in [0.05, 0.1) is 9.92 Å². The highest BCUT2D eigenvalue weighted by Gasteiger charge is 2.20. The van der Waals surface area contributed by atoms with Gasteiger partial charge >= 0.3 is 0 Å². The third-order valence-electron chi connectivity index (χ3n) is 3.61. The summed E-state index contributed by atoms with van der Waals surface area (Å²) in [6.07, 6.45) is 0. The smallest absolute Gasteiger partial charge is 0.277 e. The number of nitrogens with one attached hydrogen (secondary N) is 2. The first-order chi connectivity index (χ1) is 12.3. The summed E-state index contributed by atoms with van der Waals surface area (Å²) in [5, 5.41) is 1.00. The van der Waals surface area contributed by atoms with E-state index in [1.165, 1.54) is 42.5 Å². The second-order valence-electron chi connectivity index (χ2n) is 5.38. The van der Waals surface area contributed by atoms with Gasteiger partial charge in [-0.3, -0.25) is 15.0 Å². The molecule has 0 atom stereocenters. The van der Waals surface area contributed by atoms with Gasteiger partial charge in [0.2, 0.25) is 0 Å². The molecule has 6 nitrogen and oxygen atoms in total. The van der Waals surface area contributed by atoms with Crippen LogP contribution in [0.5, 0.6) is 0 Å². The number of rotatable bonds is 5. The lowest BCUT2D eigenvalue weighted by Crippen LogP contribution is -2.41. The molecule has 0 unspecified atom stereocenters. The number of thiophene rings is 1. The van der Waals surface area contributed by atoms with Crippen molar-refractivity contribution in [2.24, 2.45) is 0 Å². The number of Topliss-reactive ketones (excluding diaryl/α,β-unsaturated/α-hetero) is 1. The third kappa shape index (κ3) is 3.63. The lowest BCUT2D eigenvalue weighted by Gasteiger charge is -2.08. The van der Waals surface area contributed by atoms with Crippen LogP contribution in [0.25, 0.3) is 10.1 Å². The maximum Gasteiger partial charge on any atom is 0.277 e. The number of hydrogen-bond acceptors (Lipinski definition) is 5. The van der Waals surface area contributed by atoms with E-state index < -0.39 is 15.9 Å². The minimum absolute atomic E-state index is 0.0785. The number of halogens is 1. The second kappa shape index (κ2) is 7.16. The van der Waals surface area contributed by atoms with Gasteiger partial charge in [0, 0.05) is 15.6 Å². The predicted molar refractivity (Wildman–Crippen MR) is 101 cm³/mol. The number of carbonyl (C=O) groups is 2. The lowest BCUT2D eigenvalue weighted by molar-refractivity contribution is 0.0948. The molecule has 2 N–H and O–H groups in total. The van der Waals surface area contributed by atoms with E-state index in [2.05, 4.69) is 5.43 Å². The van der Waals surface area contributed by atoms with E-state index in [9.17, 15) is 18.0 Å². The Kier molecular flexibility index (Phi) is 5.10. The molecule has 26 heavy (non-hydrogen) atoms. The Hall–Kier alpha value is -2.26. The summed E-state index contributed by atoms with van der Waals surface area (Å²) in [4.78, 5) is 25.7. The molecule has 2 aromatic carbocycles. The standard InChI is InChI=1S/C17H13ClN2O4S2/c1-10(21)11-6-8-12(9-7-11)26(23,24)20-19-17(22)16-15(18)13-4-2-3-5-14(13)25-16/h2-9,20H,1H3,(H,19,22). The van der Waals surface area contributed by atoms with Crippen LogP contribution in [0.2, 0.25) is 5.02 Å². The highest BCUT2D eigenvalue weighted by molar-refractivity contribution is 7.89. The highest BCUT2D eigenvalue weighted by Crippen LogP contribution is 2.34. The predicted octanol–water partition coefficient (Wildman–Crippen LogP) is 3.38. The number of amides is 1. The van der Waals surface area contributed by atoms with Crippen molar-refractivity contribution in [3.05, 3.63) is 64.0 Å². The molecule has 0 saturated heterocycles. The lowest BCUT2D eigenvalue weighted by atomic mass is 10.2. The van der Waals surface area contributed by atoms with Gasteiger partial charge in [-0.05, 0) is 25.1 Å². The first kappa shape index (κ1) is 18.5. The van der Waals surface area contributed by atoms with Crippen molar-refractivity contribution in [3.63, 3.8) is 0 Å². The average molecular weight is 409 g/mol. The fraction of sp³-hybridized carbons (Fsp3) is 0.0588. The van der Waals surface area contributed by atoms with Crippen LogP contribution in [0.4, 0.5) is 0 Å². The number of hydrogen-bond donors (Lipinski definition) is 2. The van der Waals surface area contributed by atoms with E-state index in [4.69, 9.17) is 11.6 Å². The molecule has 0 radical (unpaired) electrons. The molecule has 1 heterocycles. The van der Waals surface area contributed by atoms with E-state index in [0.29, 0.717) is 5.56 Å². The van der Waals surface area contributed by atoms with Gasteiger partial charge in [-0.25, -0.2) is 8.42 Å². The van der Waals surface area contributed by atoms with Crippen molar-refractivity contribution in [1.29, 1.82) is 0 Å². The molecule has 0 aliphatic carbocycles. The zero-order valence-corrected chi connectivity index (χ0v) is 15.8. The molecule has 134 valence electrons. The van der Waals surface area contributed by atoms with Gasteiger partial charge in [-0.2, -0.15) is 0 Å². The van der Waals surface area contributed by atoms with Crippen LogP contribution >= 0.6 is 22.9 Å². The van der Waals surface area contributed by atoms with E-state index in [-0.39, 0.29) is 20.6 Å². The summed E-state index contributed by atoms with van der Waals surface area (Å²) in [7, 11) is -3.98. The summed E-state index contributed by atoms with van der Waals surface area (Å²) >= 11 is 7.37. The van der Waals surface area contributed by atoms with Crippen LogP contribution in [0, 0.1) is 0 Å². The maximum absolute atomic E-state index is 12.3. The van der Waals surface area contributed by atoms with Crippen LogP contribution in [0.15, 0.2) is 53.4 Å².